The third-order valence-electron chi connectivity index (χ3n) is 3.62. The van der Waals surface area contributed by atoms with Crippen molar-refractivity contribution in [3.63, 3.8) is 0 Å². The van der Waals surface area contributed by atoms with Crippen molar-refractivity contribution in [2.75, 3.05) is 27.4 Å². The topological polar surface area (TPSA) is 36.9 Å². The summed E-state index contributed by atoms with van der Waals surface area (Å²) in [5.41, 5.74) is -2.02. The molecule has 2 fully saturated rings. The molecule has 0 aromatic carbocycles. The van der Waals surface area contributed by atoms with Crippen LogP contribution in [0.5, 0.6) is 0 Å². The van der Waals surface area contributed by atoms with Gasteiger partial charge in [-0.15, -0.1) is 0 Å². The third-order valence-corrected chi connectivity index (χ3v) is 3.62. The predicted octanol–water partition coefficient (Wildman–Crippen LogP) is 0.0904. The molecule has 0 saturated carbocycles. The molecule has 15 heavy (non-hydrogen) atoms. The van der Waals surface area contributed by atoms with E-state index in [1.54, 1.807) is 14.2 Å². The average molecular weight is 212 g/mol. The van der Waals surface area contributed by atoms with E-state index in [2.05, 4.69) is 0 Å². The zero-order valence-corrected chi connectivity index (χ0v) is 9.70. The average Bonchev–Trinajstić information content (AvgIpc) is 2.48. The Kier molecular flexibility index (Phi) is 2.43. The fourth-order valence-electron chi connectivity index (χ4n) is 2.77. The van der Waals surface area contributed by atoms with Crippen LogP contribution in [0.15, 0.2) is 0 Å². The van der Waals surface area contributed by atoms with Crippen LogP contribution in [0.25, 0.3) is 0 Å². The molecule has 2 aliphatic heterocycles. The predicted molar refractivity (Wildman–Crippen MR) is 55.0 cm³/mol. The lowest BCUT2D eigenvalue weighted by Crippen LogP contribution is -2.54. The minimum absolute atomic E-state index is 0.194. The van der Waals surface area contributed by atoms with Crippen molar-refractivity contribution < 1.29 is 18.9 Å². The Bertz CT molecular complexity index is 266. The van der Waals surface area contributed by atoms with Crippen molar-refractivity contribution >= 4 is 7.85 Å². The van der Waals surface area contributed by atoms with Crippen LogP contribution in [0, 0.1) is 0 Å². The summed E-state index contributed by atoms with van der Waals surface area (Å²) in [7, 11) is 9.37. The number of hydrogen-bond donors (Lipinski definition) is 0. The first-order chi connectivity index (χ1) is 6.92. The first-order valence-electron chi connectivity index (χ1n) is 5.07. The lowest BCUT2D eigenvalue weighted by Gasteiger charge is -2.40. The smallest absolute Gasteiger partial charge is 0.143 e. The van der Waals surface area contributed by atoms with Gasteiger partial charge < -0.3 is 18.9 Å². The highest BCUT2D eigenvalue weighted by Crippen LogP contribution is 2.53. The number of fused-ring (bicyclic) bond motifs is 2. The fraction of sp³-hybridized carbons (Fsp3) is 1.00. The lowest BCUT2D eigenvalue weighted by atomic mass is 9.69. The summed E-state index contributed by atoms with van der Waals surface area (Å²) in [6, 6.07) is 0. The van der Waals surface area contributed by atoms with E-state index in [0.29, 0.717) is 13.2 Å². The normalized spacial score (nSPS) is 53.7. The van der Waals surface area contributed by atoms with Gasteiger partial charge >= 0.3 is 0 Å². The second-order valence-corrected chi connectivity index (χ2v) is 4.72. The van der Waals surface area contributed by atoms with Crippen LogP contribution >= 0.6 is 0 Å². The van der Waals surface area contributed by atoms with Gasteiger partial charge in [-0.25, -0.2) is 0 Å². The molecule has 0 aromatic heterocycles. The Morgan fingerprint density at radius 1 is 1.40 bits per heavy atom. The van der Waals surface area contributed by atoms with E-state index in [-0.39, 0.29) is 6.10 Å². The maximum absolute atomic E-state index is 6.10. The Labute approximate surface area is 91.6 Å². The van der Waals surface area contributed by atoms with Crippen molar-refractivity contribution in [3.8, 4) is 0 Å². The Morgan fingerprint density at radius 3 is 2.53 bits per heavy atom. The van der Waals surface area contributed by atoms with Crippen molar-refractivity contribution in [2.24, 2.45) is 0 Å². The summed E-state index contributed by atoms with van der Waals surface area (Å²) in [6.45, 7) is 4.62. The van der Waals surface area contributed by atoms with Crippen LogP contribution in [-0.2, 0) is 18.9 Å². The fourth-order valence-corrected chi connectivity index (χ4v) is 2.77. The van der Waals surface area contributed by atoms with Gasteiger partial charge in [0.05, 0.1) is 18.7 Å². The standard InChI is InChI=1S/C10H17BO4/c1-8-7(13-4)10(5-12-3,6-14-8)15-9(8,2)11/h7H,5-6H2,1-4H3/t7-,8?,9+,10+/m0/s1. The molecule has 2 saturated heterocycles. The Hall–Kier alpha value is -0.0951. The monoisotopic (exact) mass is 212 g/mol. The summed E-state index contributed by atoms with van der Waals surface area (Å²) >= 11 is 0. The third kappa shape index (κ3) is 1.24. The second kappa shape index (κ2) is 3.20. The number of rotatable bonds is 3. The molecule has 0 spiro atoms. The molecular formula is C10H17BO4. The zero-order valence-electron chi connectivity index (χ0n) is 9.70. The highest BCUT2D eigenvalue weighted by Gasteiger charge is 2.71. The maximum Gasteiger partial charge on any atom is 0.143 e. The van der Waals surface area contributed by atoms with Crippen LogP contribution in [0.1, 0.15) is 13.8 Å². The summed E-state index contributed by atoms with van der Waals surface area (Å²) in [5, 5.41) is 0. The summed E-state index contributed by atoms with van der Waals surface area (Å²) < 4.78 is 22.3. The van der Waals surface area contributed by atoms with Gasteiger partial charge in [-0.3, -0.25) is 0 Å². The zero-order chi connectivity index (χ0) is 11.3. The van der Waals surface area contributed by atoms with E-state index in [9.17, 15) is 0 Å². The van der Waals surface area contributed by atoms with Crippen molar-refractivity contribution in [1.29, 1.82) is 0 Å². The van der Waals surface area contributed by atoms with E-state index in [0.717, 1.165) is 0 Å². The van der Waals surface area contributed by atoms with Crippen molar-refractivity contribution in [1.82, 2.24) is 0 Å². The van der Waals surface area contributed by atoms with Crippen LogP contribution < -0.4 is 0 Å². The first kappa shape index (κ1) is 11.4. The van der Waals surface area contributed by atoms with Gasteiger partial charge in [0.15, 0.2) is 0 Å². The molecule has 0 aliphatic carbocycles. The summed E-state index contributed by atoms with van der Waals surface area (Å²) in [4.78, 5) is 0. The van der Waals surface area contributed by atoms with Crippen LogP contribution in [0.3, 0.4) is 0 Å². The molecule has 0 amide bonds. The Balaban J connectivity index is 2.36. The van der Waals surface area contributed by atoms with E-state index in [1.807, 2.05) is 13.8 Å². The molecule has 0 N–H and O–H groups in total. The molecule has 0 aromatic rings. The number of hydrogen-bond acceptors (Lipinski definition) is 4. The van der Waals surface area contributed by atoms with Crippen molar-refractivity contribution in [2.45, 2.75) is 36.7 Å². The molecule has 84 valence electrons. The highest BCUT2D eigenvalue weighted by atomic mass is 16.7. The minimum Gasteiger partial charge on any atom is -0.381 e. The molecular weight excluding hydrogens is 195 g/mol. The SMILES string of the molecule is [B][C@]1(C)O[C@]2(COC)COC1(C)[C@@H]2OC. The van der Waals surface area contributed by atoms with E-state index >= 15 is 0 Å². The van der Waals surface area contributed by atoms with E-state index in [1.165, 1.54) is 0 Å². The summed E-state index contributed by atoms with van der Waals surface area (Å²) in [5.74, 6) is 0. The maximum atomic E-state index is 6.10. The lowest BCUT2D eigenvalue weighted by molar-refractivity contribution is -0.200. The quantitative estimate of drug-likeness (QED) is 0.621. The van der Waals surface area contributed by atoms with Crippen LogP contribution in [0.4, 0.5) is 0 Å². The first-order valence-corrected chi connectivity index (χ1v) is 5.07. The molecule has 4 atom stereocenters. The molecule has 2 aliphatic rings. The van der Waals surface area contributed by atoms with Crippen LogP contribution in [0.2, 0.25) is 0 Å². The molecule has 2 rings (SSSR count). The van der Waals surface area contributed by atoms with E-state index < -0.39 is 16.7 Å². The molecule has 1 unspecified atom stereocenters. The molecule has 2 bridgehead atoms. The largest absolute Gasteiger partial charge is 0.381 e. The second-order valence-electron chi connectivity index (χ2n) is 4.72. The highest BCUT2D eigenvalue weighted by molar-refractivity contribution is 6.15. The van der Waals surface area contributed by atoms with Gasteiger partial charge in [0.2, 0.25) is 0 Å². The number of ether oxygens (including phenoxy) is 4. The van der Waals surface area contributed by atoms with Crippen molar-refractivity contribution in [3.05, 3.63) is 0 Å². The minimum atomic E-state index is -0.843. The summed E-state index contributed by atoms with van der Waals surface area (Å²) in [6.07, 6.45) is -0.194. The molecule has 4 nitrogen and oxygen atoms in total. The van der Waals surface area contributed by atoms with Gasteiger partial charge in [0.1, 0.15) is 25.2 Å². The molecule has 2 heterocycles. The van der Waals surface area contributed by atoms with Gasteiger partial charge in [-0.2, -0.15) is 0 Å². The van der Waals surface area contributed by atoms with Gasteiger partial charge in [0, 0.05) is 14.2 Å². The van der Waals surface area contributed by atoms with Crippen LogP contribution in [-0.4, -0.2) is 58.1 Å². The van der Waals surface area contributed by atoms with Gasteiger partial charge in [-0.1, -0.05) is 0 Å². The van der Waals surface area contributed by atoms with E-state index in [4.69, 9.17) is 26.8 Å². The molecule has 2 radical (unpaired) electrons. The van der Waals surface area contributed by atoms with Gasteiger partial charge in [-0.05, 0) is 13.8 Å². The van der Waals surface area contributed by atoms with Gasteiger partial charge in [0.25, 0.3) is 0 Å². The molecule has 5 heteroatoms. The number of methoxy groups -OCH3 is 2. The Morgan fingerprint density at radius 2 is 2.07 bits per heavy atom.